The van der Waals surface area contributed by atoms with E-state index in [1.54, 1.807) is 6.20 Å². The van der Waals surface area contributed by atoms with Crippen LogP contribution >= 0.6 is 0 Å². The fraction of sp³-hybridized carbons (Fsp3) is 0.0714. The summed E-state index contributed by atoms with van der Waals surface area (Å²) in [5.41, 5.74) is 7.27. The number of pyridine rings is 2. The Morgan fingerprint density at radius 1 is 0.694 bits per heavy atom. The third kappa shape index (κ3) is 6.13. The van der Waals surface area contributed by atoms with E-state index in [9.17, 15) is 0 Å². The Labute approximate surface area is 299 Å². The van der Waals surface area contributed by atoms with Crippen LogP contribution in [0.1, 0.15) is 0 Å². The third-order valence-electron chi connectivity index (χ3n) is 8.59. The molecule has 241 valence electrons. The van der Waals surface area contributed by atoms with Crippen LogP contribution in [0.3, 0.4) is 0 Å². The molecular weight excluding hydrogens is 797 g/mol. The molecule has 0 aliphatic carbocycles. The number of nitrogens with zero attached hydrogens (tertiary/aromatic N) is 4. The molecule has 9 aromatic rings. The van der Waals surface area contributed by atoms with Crippen molar-refractivity contribution < 1.29 is 24.5 Å². The summed E-state index contributed by atoms with van der Waals surface area (Å²) in [6.07, 6.45) is 3.68. The Hall–Kier alpha value is -5.20. The van der Waals surface area contributed by atoms with Gasteiger partial charge in [0, 0.05) is 54.3 Å². The molecule has 0 saturated carbocycles. The average Bonchev–Trinajstić information content (AvgIpc) is 3.71. The molecule has 5 aromatic carbocycles. The molecule has 0 unspecified atom stereocenters. The smallest absolute Gasteiger partial charge is 0.169 e. The van der Waals surface area contributed by atoms with Gasteiger partial charge in [0.15, 0.2) is 5.65 Å². The van der Waals surface area contributed by atoms with Gasteiger partial charge in [-0.15, -0.1) is 54.1 Å². The summed E-state index contributed by atoms with van der Waals surface area (Å²) in [5.74, 6) is 0.773. The molecule has 0 saturated heterocycles. The van der Waals surface area contributed by atoms with Crippen LogP contribution in [0.2, 0.25) is 19.6 Å². The second-order valence-electron chi connectivity index (χ2n) is 12.8. The maximum atomic E-state index is 6.57. The molecule has 0 amide bonds. The van der Waals surface area contributed by atoms with E-state index in [1.165, 1.54) is 5.19 Å². The zero-order valence-corrected chi connectivity index (χ0v) is 30.7. The minimum atomic E-state index is -1.47. The van der Waals surface area contributed by atoms with Crippen LogP contribution in [0.25, 0.3) is 72.2 Å². The van der Waals surface area contributed by atoms with Crippen LogP contribution in [0.4, 0.5) is 0 Å². The van der Waals surface area contributed by atoms with Crippen LogP contribution in [0.5, 0.6) is 0 Å². The van der Waals surface area contributed by atoms with E-state index in [-0.39, 0.29) is 20.1 Å². The predicted octanol–water partition coefficient (Wildman–Crippen LogP) is 10.0. The summed E-state index contributed by atoms with van der Waals surface area (Å²) in [5, 5.41) is 5.77. The first-order chi connectivity index (χ1) is 23.5. The summed E-state index contributed by atoms with van der Waals surface area (Å²) in [7, 11) is -1.47. The Balaban J connectivity index is 0.000000246. The summed E-state index contributed by atoms with van der Waals surface area (Å²) < 4.78 is 8.76. The van der Waals surface area contributed by atoms with Crippen LogP contribution in [-0.2, 0) is 20.1 Å². The minimum Gasteiger partial charge on any atom is -0.501 e. The number of hydrogen-bond donors (Lipinski definition) is 0. The number of aromatic nitrogens is 4. The van der Waals surface area contributed by atoms with Gasteiger partial charge in [0.2, 0.25) is 0 Å². The fourth-order valence-corrected chi connectivity index (χ4v) is 7.29. The van der Waals surface area contributed by atoms with Crippen molar-refractivity contribution in [1.29, 1.82) is 0 Å². The minimum absolute atomic E-state index is 0. The van der Waals surface area contributed by atoms with Gasteiger partial charge >= 0.3 is 0 Å². The maximum Gasteiger partial charge on any atom is 0.169 e. The van der Waals surface area contributed by atoms with Crippen molar-refractivity contribution in [2.24, 2.45) is 0 Å². The van der Waals surface area contributed by atoms with Crippen molar-refractivity contribution in [3.8, 4) is 28.3 Å². The number of imidazole rings is 1. The number of benzene rings is 5. The van der Waals surface area contributed by atoms with Crippen LogP contribution in [0.15, 0.2) is 144 Å². The van der Waals surface area contributed by atoms with Gasteiger partial charge in [0.25, 0.3) is 0 Å². The molecule has 0 N–H and O–H groups in total. The molecule has 0 aliphatic rings. The van der Waals surface area contributed by atoms with Gasteiger partial charge in [0.05, 0.1) is 25.0 Å². The van der Waals surface area contributed by atoms with Crippen molar-refractivity contribution in [1.82, 2.24) is 19.5 Å². The van der Waals surface area contributed by atoms with Crippen molar-refractivity contribution in [3.63, 3.8) is 0 Å². The molecule has 9 rings (SSSR count). The number of fused-ring (bicyclic) bond motifs is 6. The summed E-state index contributed by atoms with van der Waals surface area (Å²) in [6, 6.07) is 49.7. The monoisotopic (exact) mass is 829 g/mol. The topological polar surface area (TPSA) is 56.7 Å². The molecule has 0 bridgehead atoms. The van der Waals surface area contributed by atoms with E-state index in [0.29, 0.717) is 5.65 Å². The van der Waals surface area contributed by atoms with Crippen molar-refractivity contribution >= 4 is 57.1 Å². The molecule has 4 heterocycles. The molecule has 5 nitrogen and oxygen atoms in total. The van der Waals surface area contributed by atoms with Crippen molar-refractivity contribution in [3.05, 3.63) is 152 Å². The molecule has 49 heavy (non-hydrogen) atoms. The second-order valence-corrected chi connectivity index (χ2v) is 17.9. The molecule has 4 aromatic heterocycles. The number of para-hydroxylation sites is 1. The van der Waals surface area contributed by atoms with Crippen LogP contribution < -0.4 is 5.19 Å². The van der Waals surface area contributed by atoms with Gasteiger partial charge < -0.3 is 14.0 Å². The Morgan fingerprint density at radius 2 is 1.49 bits per heavy atom. The van der Waals surface area contributed by atoms with Gasteiger partial charge in [-0.2, -0.15) is 0 Å². The quantitative estimate of drug-likeness (QED) is 0.131. The van der Waals surface area contributed by atoms with Crippen LogP contribution in [-0.4, -0.2) is 27.6 Å². The standard InChI is InChI=1S/C31H24N3OSi.C11H8N.Ir/c1-36(2,3)22-16-17-24-25-14-9-15-26(29(25)35-27(24)18-22)31-33-30-28(34(31)21-11-5-4-6-12-21)23-13-8-7-10-20(23)19-32-30;1-2-6-10(7-3-1)11-8-4-5-9-12-11;/h4-14,16-19H,1-3H3;1-6,8-9H;/q2*-1;. The number of hydrogen-bond acceptors (Lipinski definition) is 4. The molecule has 0 atom stereocenters. The van der Waals surface area contributed by atoms with Crippen molar-refractivity contribution in [2.45, 2.75) is 19.6 Å². The fourth-order valence-electron chi connectivity index (χ4n) is 6.14. The maximum absolute atomic E-state index is 6.57. The van der Waals surface area contributed by atoms with E-state index < -0.39 is 8.07 Å². The second kappa shape index (κ2) is 13.4. The largest absolute Gasteiger partial charge is 0.501 e. The van der Waals surface area contributed by atoms with Gasteiger partial charge in [0.1, 0.15) is 5.58 Å². The van der Waals surface area contributed by atoms with Gasteiger partial charge in [-0.25, -0.2) is 4.98 Å². The Bertz CT molecular complexity index is 2500. The third-order valence-corrected chi connectivity index (χ3v) is 10.6. The first-order valence-corrected chi connectivity index (χ1v) is 19.5. The van der Waals surface area contributed by atoms with Gasteiger partial charge in [-0.3, -0.25) is 4.98 Å². The first kappa shape index (κ1) is 32.3. The average molecular weight is 829 g/mol. The Kier molecular flexibility index (Phi) is 8.82. The predicted molar refractivity (Wildman–Crippen MR) is 199 cm³/mol. The zero-order valence-electron chi connectivity index (χ0n) is 27.3. The zero-order chi connectivity index (χ0) is 32.7. The summed E-state index contributed by atoms with van der Waals surface area (Å²) in [6.45, 7) is 7.07. The van der Waals surface area contributed by atoms with E-state index in [0.717, 1.165) is 66.6 Å². The number of rotatable bonds is 4. The molecule has 0 aliphatic heterocycles. The molecule has 0 fully saturated rings. The van der Waals surface area contributed by atoms with E-state index in [1.807, 2.05) is 79.0 Å². The summed E-state index contributed by atoms with van der Waals surface area (Å²) in [4.78, 5) is 14.0. The number of furan rings is 1. The first-order valence-electron chi connectivity index (χ1n) is 16.0. The normalized spacial score (nSPS) is 11.4. The molecule has 7 heteroatoms. The molecule has 1 radical (unpaired) electrons. The van der Waals surface area contributed by atoms with Crippen LogP contribution in [0, 0.1) is 12.1 Å². The SMILES string of the molecule is C[Si](C)(C)c1ccc2c(c1)oc1c(-c3nc4ncc5ccccc5c4n3-c3ccccc3)[c-]ccc12.[Ir].[c-]1ccccc1-c1ccccn1. The van der Waals surface area contributed by atoms with E-state index in [4.69, 9.17) is 14.4 Å². The molecular formula is C42H32IrN4OSi-2. The Morgan fingerprint density at radius 3 is 2.27 bits per heavy atom. The van der Waals surface area contributed by atoms with E-state index >= 15 is 0 Å². The van der Waals surface area contributed by atoms with E-state index in [2.05, 4.69) is 95.9 Å². The summed E-state index contributed by atoms with van der Waals surface area (Å²) >= 11 is 0. The molecule has 0 spiro atoms. The van der Waals surface area contributed by atoms with Crippen molar-refractivity contribution in [2.75, 3.05) is 0 Å². The van der Waals surface area contributed by atoms with Gasteiger partial charge in [-0.1, -0.05) is 103 Å². The van der Waals surface area contributed by atoms with Gasteiger partial charge in [-0.05, 0) is 30.0 Å².